The lowest BCUT2D eigenvalue weighted by Crippen LogP contribution is -2.00. The van der Waals surface area contributed by atoms with Crippen LogP contribution in [0.5, 0.6) is 0 Å². The van der Waals surface area contributed by atoms with Crippen LogP contribution in [0.15, 0.2) is 34.9 Å². The number of anilines is 1. The first-order chi connectivity index (χ1) is 9.47. The molecule has 0 unspecified atom stereocenters. The Hall–Kier alpha value is -2.83. The van der Waals surface area contributed by atoms with Gasteiger partial charge in [-0.15, -0.1) is 0 Å². The van der Waals surface area contributed by atoms with E-state index in [4.69, 9.17) is 9.52 Å². The van der Waals surface area contributed by atoms with Gasteiger partial charge in [0.05, 0.1) is 17.0 Å². The van der Waals surface area contributed by atoms with Crippen molar-refractivity contribution in [2.75, 3.05) is 5.32 Å². The fourth-order valence-electron chi connectivity index (χ4n) is 1.69. The van der Waals surface area contributed by atoms with Gasteiger partial charge in [0.2, 0.25) is 0 Å². The van der Waals surface area contributed by atoms with Crippen LogP contribution in [0.2, 0.25) is 0 Å². The molecule has 0 aliphatic rings. The van der Waals surface area contributed by atoms with Crippen LogP contribution in [0.4, 0.5) is 11.4 Å². The Labute approximate surface area is 114 Å². The van der Waals surface area contributed by atoms with E-state index in [1.54, 1.807) is 19.1 Å². The first kappa shape index (κ1) is 13.6. The zero-order valence-corrected chi connectivity index (χ0v) is 10.6. The summed E-state index contributed by atoms with van der Waals surface area (Å²) in [6.07, 6.45) is 1.15. The van der Waals surface area contributed by atoms with Crippen LogP contribution in [-0.4, -0.2) is 16.0 Å². The molecular weight excluding hydrogens is 264 g/mol. The predicted molar refractivity (Wildman–Crippen MR) is 70.8 cm³/mol. The van der Waals surface area contributed by atoms with E-state index in [2.05, 4.69) is 5.32 Å². The van der Waals surface area contributed by atoms with Crippen LogP contribution in [0, 0.1) is 17.0 Å². The Bertz CT molecular complexity index is 663. The number of carboxylic acid groups (broad SMARTS) is 1. The lowest BCUT2D eigenvalue weighted by atomic mass is 10.2. The number of rotatable bonds is 5. The number of aromatic carboxylic acids is 1. The molecule has 0 aliphatic carbocycles. The summed E-state index contributed by atoms with van der Waals surface area (Å²) in [7, 11) is 0. The number of nitrogens with zero attached hydrogens (tertiary/aromatic N) is 1. The van der Waals surface area contributed by atoms with Crippen LogP contribution >= 0.6 is 0 Å². The maximum Gasteiger partial charge on any atom is 0.338 e. The molecule has 0 amide bonds. The monoisotopic (exact) mass is 276 g/mol. The minimum atomic E-state index is -1.06. The molecule has 7 nitrogen and oxygen atoms in total. The number of hydrogen-bond donors (Lipinski definition) is 2. The summed E-state index contributed by atoms with van der Waals surface area (Å²) >= 11 is 0. The zero-order valence-electron chi connectivity index (χ0n) is 10.6. The molecule has 2 aromatic rings. The number of aryl methyl sites for hydroxylation is 1. The fraction of sp³-hybridized carbons (Fsp3) is 0.154. The van der Waals surface area contributed by atoms with Gasteiger partial charge in [-0.2, -0.15) is 0 Å². The summed E-state index contributed by atoms with van der Waals surface area (Å²) in [6.45, 7) is 1.90. The second-order valence-corrected chi connectivity index (χ2v) is 4.22. The molecule has 1 aromatic carbocycles. The summed E-state index contributed by atoms with van der Waals surface area (Å²) in [4.78, 5) is 21.1. The maximum absolute atomic E-state index is 10.8. The highest BCUT2D eigenvalue weighted by molar-refractivity contribution is 5.87. The highest BCUT2D eigenvalue weighted by Crippen LogP contribution is 2.22. The van der Waals surface area contributed by atoms with E-state index in [0.717, 1.165) is 6.26 Å². The molecule has 0 radical (unpaired) electrons. The van der Waals surface area contributed by atoms with Crippen molar-refractivity contribution < 1.29 is 19.2 Å². The molecule has 20 heavy (non-hydrogen) atoms. The molecule has 104 valence electrons. The summed E-state index contributed by atoms with van der Waals surface area (Å²) in [5.41, 5.74) is 1.24. The number of carboxylic acids is 1. The molecule has 1 heterocycles. The Morgan fingerprint density at radius 1 is 1.45 bits per heavy atom. The molecule has 0 saturated carbocycles. The van der Waals surface area contributed by atoms with Crippen molar-refractivity contribution in [3.8, 4) is 0 Å². The number of nitro groups is 1. The van der Waals surface area contributed by atoms with Crippen molar-refractivity contribution in [3.05, 3.63) is 57.5 Å². The summed E-state index contributed by atoms with van der Waals surface area (Å²) in [5, 5.41) is 22.5. The highest BCUT2D eigenvalue weighted by atomic mass is 16.6. The van der Waals surface area contributed by atoms with Crippen LogP contribution < -0.4 is 5.32 Å². The third-order valence-electron chi connectivity index (χ3n) is 2.77. The summed E-state index contributed by atoms with van der Waals surface area (Å²) in [5.74, 6) is -0.628. The van der Waals surface area contributed by atoms with Crippen LogP contribution in [0.3, 0.4) is 0 Å². The molecule has 2 N–H and O–H groups in total. The second-order valence-electron chi connectivity index (χ2n) is 4.22. The quantitative estimate of drug-likeness (QED) is 0.642. The molecule has 0 spiro atoms. The Kier molecular flexibility index (Phi) is 3.69. The van der Waals surface area contributed by atoms with Crippen molar-refractivity contribution >= 4 is 17.3 Å². The number of carbonyl (C=O) groups is 1. The number of hydrogen-bond acceptors (Lipinski definition) is 5. The third kappa shape index (κ3) is 2.94. The van der Waals surface area contributed by atoms with Crippen molar-refractivity contribution in [1.29, 1.82) is 0 Å². The minimum absolute atomic E-state index is 0.0284. The average molecular weight is 276 g/mol. The maximum atomic E-state index is 10.8. The number of nitrogens with one attached hydrogen (secondary N) is 1. The molecule has 2 rings (SSSR count). The van der Waals surface area contributed by atoms with Gasteiger partial charge in [0.1, 0.15) is 12.0 Å². The molecule has 0 atom stereocenters. The Morgan fingerprint density at radius 2 is 2.20 bits per heavy atom. The number of furan rings is 1. The lowest BCUT2D eigenvalue weighted by molar-refractivity contribution is -0.385. The van der Waals surface area contributed by atoms with E-state index in [9.17, 15) is 14.9 Å². The van der Waals surface area contributed by atoms with E-state index in [1.165, 1.54) is 12.1 Å². The van der Waals surface area contributed by atoms with Crippen molar-refractivity contribution in [1.82, 2.24) is 0 Å². The van der Waals surface area contributed by atoms with Crippen molar-refractivity contribution in [3.63, 3.8) is 0 Å². The number of nitro benzene ring substituents is 1. The third-order valence-corrected chi connectivity index (χ3v) is 2.77. The van der Waals surface area contributed by atoms with Crippen LogP contribution in [0.25, 0.3) is 0 Å². The lowest BCUT2D eigenvalue weighted by Gasteiger charge is -2.05. The summed E-state index contributed by atoms with van der Waals surface area (Å²) < 4.78 is 5.07. The van der Waals surface area contributed by atoms with Crippen molar-refractivity contribution in [2.24, 2.45) is 0 Å². The van der Waals surface area contributed by atoms with Gasteiger partial charge in [-0.25, -0.2) is 4.79 Å². The van der Waals surface area contributed by atoms with Gasteiger partial charge in [-0.3, -0.25) is 10.1 Å². The van der Waals surface area contributed by atoms with Gasteiger partial charge in [0.15, 0.2) is 0 Å². The molecule has 7 heteroatoms. The smallest absolute Gasteiger partial charge is 0.338 e. The standard InChI is InChI=1S/C13H12N2O5/c1-8-2-3-10(5-12(8)15(18)19)14-6-11-4-9(7-20-11)13(16)17/h2-5,7,14H,6H2,1H3,(H,16,17). The van der Waals surface area contributed by atoms with Gasteiger partial charge in [-0.1, -0.05) is 6.07 Å². The second kappa shape index (κ2) is 5.43. The molecule has 0 bridgehead atoms. The molecular formula is C13H12N2O5. The first-order valence-electron chi connectivity index (χ1n) is 5.77. The van der Waals surface area contributed by atoms with Crippen LogP contribution in [0.1, 0.15) is 21.7 Å². The Balaban J connectivity index is 2.08. The van der Waals surface area contributed by atoms with E-state index in [0.29, 0.717) is 17.0 Å². The molecule has 0 aliphatic heterocycles. The summed E-state index contributed by atoms with van der Waals surface area (Å²) in [6, 6.07) is 6.18. The fourth-order valence-corrected chi connectivity index (χ4v) is 1.69. The van der Waals surface area contributed by atoms with Gasteiger partial charge in [0.25, 0.3) is 5.69 Å². The SMILES string of the molecule is Cc1ccc(NCc2cc(C(=O)O)co2)cc1[N+](=O)[O-]. The Morgan fingerprint density at radius 3 is 2.80 bits per heavy atom. The van der Waals surface area contributed by atoms with E-state index < -0.39 is 10.9 Å². The minimum Gasteiger partial charge on any atom is -0.478 e. The zero-order chi connectivity index (χ0) is 14.7. The van der Waals surface area contributed by atoms with Crippen LogP contribution in [-0.2, 0) is 6.54 Å². The van der Waals surface area contributed by atoms with Crippen molar-refractivity contribution in [2.45, 2.75) is 13.5 Å². The molecule has 0 saturated heterocycles. The predicted octanol–water partition coefficient (Wildman–Crippen LogP) is 2.81. The average Bonchev–Trinajstić information content (AvgIpc) is 2.86. The van der Waals surface area contributed by atoms with Gasteiger partial charge < -0.3 is 14.8 Å². The normalized spacial score (nSPS) is 10.2. The van der Waals surface area contributed by atoms with E-state index in [1.807, 2.05) is 0 Å². The molecule has 1 aromatic heterocycles. The van der Waals surface area contributed by atoms with Gasteiger partial charge in [-0.05, 0) is 19.1 Å². The molecule has 0 fully saturated rings. The van der Waals surface area contributed by atoms with Gasteiger partial charge >= 0.3 is 5.97 Å². The van der Waals surface area contributed by atoms with Gasteiger partial charge in [0, 0.05) is 17.3 Å². The number of benzene rings is 1. The topological polar surface area (TPSA) is 106 Å². The highest BCUT2D eigenvalue weighted by Gasteiger charge is 2.12. The largest absolute Gasteiger partial charge is 0.478 e. The van der Waals surface area contributed by atoms with E-state index in [-0.39, 0.29) is 17.8 Å². The first-order valence-corrected chi connectivity index (χ1v) is 5.77. The van der Waals surface area contributed by atoms with E-state index >= 15 is 0 Å².